The van der Waals surface area contributed by atoms with Crippen molar-refractivity contribution >= 4 is 6.09 Å². The van der Waals surface area contributed by atoms with Crippen molar-refractivity contribution in [3.05, 3.63) is 0 Å². The Morgan fingerprint density at radius 2 is 1.75 bits per heavy atom. The maximum Gasteiger partial charge on any atom is 0.410 e. The summed E-state index contributed by atoms with van der Waals surface area (Å²) in [7, 11) is 0. The first-order valence-corrected chi connectivity index (χ1v) is 6.08. The maximum atomic E-state index is 11.8. The summed E-state index contributed by atoms with van der Waals surface area (Å²) in [5.74, 6) is 1.20. The van der Waals surface area contributed by atoms with Crippen LogP contribution in [-0.2, 0) is 4.74 Å². The molecule has 0 unspecified atom stereocenters. The minimum Gasteiger partial charge on any atom is -0.444 e. The van der Waals surface area contributed by atoms with Crippen molar-refractivity contribution in [3.63, 3.8) is 0 Å². The third kappa shape index (κ3) is 2.48. The number of carbonyl (C=O) groups is 1. The molecule has 4 nitrogen and oxygen atoms in total. The SMILES string of the molecule is CC(C)(C)OC(=O)N1C[C@H]2CC(N)C[C@@H]2C1. The lowest BCUT2D eigenvalue weighted by molar-refractivity contribution is 0.0279. The fourth-order valence-corrected chi connectivity index (χ4v) is 2.82. The molecule has 0 spiro atoms. The smallest absolute Gasteiger partial charge is 0.410 e. The zero-order chi connectivity index (χ0) is 11.9. The molecule has 0 aromatic rings. The third-order valence-electron chi connectivity index (χ3n) is 3.44. The van der Waals surface area contributed by atoms with Gasteiger partial charge in [-0.2, -0.15) is 0 Å². The van der Waals surface area contributed by atoms with Gasteiger partial charge in [0.05, 0.1) is 0 Å². The highest BCUT2D eigenvalue weighted by Crippen LogP contribution is 2.37. The topological polar surface area (TPSA) is 55.6 Å². The van der Waals surface area contributed by atoms with Gasteiger partial charge < -0.3 is 15.4 Å². The van der Waals surface area contributed by atoms with Crippen LogP contribution in [0.3, 0.4) is 0 Å². The van der Waals surface area contributed by atoms with Gasteiger partial charge in [-0.1, -0.05) is 0 Å². The zero-order valence-electron chi connectivity index (χ0n) is 10.4. The highest BCUT2D eigenvalue weighted by Gasteiger charge is 2.42. The van der Waals surface area contributed by atoms with E-state index in [-0.39, 0.29) is 6.09 Å². The first kappa shape index (κ1) is 11.7. The molecular weight excluding hydrogens is 204 g/mol. The van der Waals surface area contributed by atoms with Crippen LogP contribution in [0.5, 0.6) is 0 Å². The number of ether oxygens (including phenoxy) is 1. The second-order valence-corrected chi connectivity index (χ2v) is 6.14. The van der Waals surface area contributed by atoms with Crippen LogP contribution in [0, 0.1) is 11.8 Å². The van der Waals surface area contributed by atoms with Crippen LogP contribution in [0.15, 0.2) is 0 Å². The van der Waals surface area contributed by atoms with Gasteiger partial charge >= 0.3 is 6.09 Å². The molecule has 92 valence electrons. The normalized spacial score (nSPS) is 30.6. The first-order chi connectivity index (χ1) is 7.35. The third-order valence-corrected chi connectivity index (χ3v) is 3.44. The van der Waals surface area contributed by atoms with Crippen LogP contribution in [0.25, 0.3) is 0 Å². The Bertz CT molecular complexity index is 271. The van der Waals surface area contributed by atoms with Crippen molar-refractivity contribution in [2.24, 2.45) is 17.6 Å². The fourth-order valence-electron chi connectivity index (χ4n) is 2.82. The standard InChI is InChI=1S/C12H22N2O2/c1-12(2,3)16-11(15)14-6-8-4-10(13)5-9(8)7-14/h8-10H,4-7,13H2,1-3H3/t8-,9-/m1/s1. The Kier molecular flexibility index (Phi) is 2.86. The molecule has 0 radical (unpaired) electrons. The number of nitrogens with zero attached hydrogens (tertiary/aromatic N) is 1. The Hall–Kier alpha value is -0.770. The number of carbonyl (C=O) groups excluding carboxylic acids is 1. The average molecular weight is 226 g/mol. The summed E-state index contributed by atoms with van der Waals surface area (Å²) in [6.45, 7) is 7.35. The summed E-state index contributed by atoms with van der Waals surface area (Å²) in [6, 6.07) is 0.343. The molecule has 1 aliphatic heterocycles. The Labute approximate surface area is 97.1 Å². The monoisotopic (exact) mass is 226 g/mol. The van der Waals surface area contributed by atoms with Crippen LogP contribution in [0.2, 0.25) is 0 Å². The van der Waals surface area contributed by atoms with Gasteiger partial charge in [-0.15, -0.1) is 0 Å². The number of amides is 1. The van der Waals surface area contributed by atoms with E-state index in [1.54, 1.807) is 0 Å². The summed E-state index contributed by atoms with van der Waals surface area (Å²) in [4.78, 5) is 13.7. The lowest BCUT2D eigenvalue weighted by Crippen LogP contribution is -2.36. The minimum absolute atomic E-state index is 0.171. The number of likely N-dealkylation sites (tertiary alicyclic amines) is 1. The molecule has 1 aliphatic carbocycles. The first-order valence-electron chi connectivity index (χ1n) is 6.08. The van der Waals surface area contributed by atoms with Crippen LogP contribution in [0.4, 0.5) is 4.79 Å². The van der Waals surface area contributed by atoms with Gasteiger partial charge in [0, 0.05) is 19.1 Å². The molecule has 1 heterocycles. The van der Waals surface area contributed by atoms with E-state index in [9.17, 15) is 4.79 Å². The van der Waals surface area contributed by atoms with E-state index in [4.69, 9.17) is 10.5 Å². The predicted molar refractivity (Wildman–Crippen MR) is 62.0 cm³/mol. The highest BCUT2D eigenvalue weighted by molar-refractivity contribution is 5.68. The number of nitrogens with two attached hydrogens (primary N) is 1. The van der Waals surface area contributed by atoms with Crippen LogP contribution >= 0.6 is 0 Å². The quantitative estimate of drug-likeness (QED) is 0.682. The van der Waals surface area contributed by atoms with Gasteiger partial charge in [-0.3, -0.25) is 0 Å². The number of hydrogen-bond acceptors (Lipinski definition) is 3. The van der Waals surface area contributed by atoms with Crippen LogP contribution in [-0.4, -0.2) is 35.7 Å². The molecule has 1 saturated heterocycles. The molecule has 0 aromatic carbocycles. The maximum absolute atomic E-state index is 11.8. The molecule has 0 bridgehead atoms. The molecule has 0 aromatic heterocycles. The largest absolute Gasteiger partial charge is 0.444 e. The number of fused-ring (bicyclic) bond motifs is 1. The molecule has 2 rings (SSSR count). The summed E-state index contributed by atoms with van der Waals surface area (Å²) in [6.07, 6.45) is 1.95. The van der Waals surface area contributed by atoms with Crippen molar-refractivity contribution < 1.29 is 9.53 Å². The van der Waals surface area contributed by atoms with E-state index in [1.165, 1.54) is 0 Å². The van der Waals surface area contributed by atoms with Gasteiger partial charge in [-0.05, 0) is 45.4 Å². The van der Waals surface area contributed by atoms with Gasteiger partial charge in [0.25, 0.3) is 0 Å². The minimum atomic E-state index is -0.398. The Morgan fingerprint density at radius 1 is 1.25 bits per heavy atom. The average Bonchev–Trinajstić information content (AvgIpc) is 2.56. The second-order valence-electron chi connectivity index (χ2n) is 6.14. The highest BCUT2D eigenvalue weighted by atomic mass is 16.6. The van der Waals surface area contributed by atoms with Crippen LogP contribution in [0.1, 0.15) is 33.6 Å². The summed E-state index contributed by atoms with van der Waals surface area (Å²) in [5, 5.41) is 0. The molecule has 1 saturated carbocycles. The van der Waals surface area contributed by atoms with Gasteiger partial charge in [0.2, 0.25) is 0 Å². The van der Waals surface area contributed by atoms with Crippen molar-refractivity contribution in [1.29, 1.82) is 0 Å². The van der Waals surface area contributed by atoms with E-state index >= 15 is 0 Å². The van der Waals surface area contributed by atoms with Crippen molar-refractivity contribution in [2.45, 2.75) is 45.3 Å². The Morgan fingerprint density at radius 3 is 2.19 bits per heavy atom. The molecule has 2 atom stereocenters. The molecule has 16 heavy (non-hydrogen) atoms. The molecule has 1 amide bonds. The number of rotatable bonds is 0. The fraction of sp³-hybridized carbons (Fsp3) is 0.917. The van der Waals surface area contributed by atoms with Crippen molar-refractivity contribution in [2.75, 3.05) is 13.1 Å². The molecule has 2 N–H and O–H groups in total. The van der Waals surface area contributed by atoms with E-state index < -0.39 is 5.60 Å². The molecule has 4 heteroatoms. The molecule has 2 fully saturated rings. The zero-order valence-corrected chi connectivity index (χ0v) is 10.4. The van der Waals surface area contributed by atoms with Crippen LogP contribution < -0.4 is 5.73 Å². The lowest BCUT2D eigenvalue weighted by atomic mass is 10.0. The van der Waals surface area contributed by atoms with E-state index in [1.807, 2.05) is 25.7 Å². The number of hydrogen-bond donors (Lipinski definition) is 1. The van der Waals surface area contributed by atoms with Crippen molar-refractivity contribution in [3.8, 4) is 0 Å². The lowest BCUT2D eigenvalue weighted by Gasteiger charge is -2.25. The second kappa shape index (κ2) is 3.91. The van der Waals surface area contributed by atoms with E-state index in [0.29, 0.717) is 17.9 Å². The summed E-state index contributed by atoms with van der Waals surface area (Å²) >= 11 is 0. The molecular formula is C12H22N2O2. The van der Waals surface area contributed by atoms with E-state index in [2.05, 4.69) is 0 Å². The predicted octanol–water partition coefficient (Wildman–Crippen LogP) is 1.59. The molecule has 2 aliphatic rings. The summed E-state index contributed by atoms with van der Waals surface area (Å²) < 4.78 is 5.37. The Balaban J connectivity index is 1.88. The summed E-state index contributed by atoms with van der Waals surface area (Å²) in [5.41, 5.74) is 5.52. The van der Waals surface area contributed by atoms with Gasteiger partial charge in [-0.25, -0.2) is 4.79 Å². The van der Waals surface area contributed by atoms with Gasteiger partial charge in [0.1, 0.15) is 5.60 Å². The van der Waals surface area contributed by atoms with Gasteiger partial charge in [0.15, 0.2) is 0 Å². The van der Waals surface area contributed by atoms with E-state index in [0.717, 1.165) is 25.9 Å². The van der Waals surface area contributed by atoms with Crippen molar-refractivity contribution in [1.82, 2.24) is 4.90 Å².